The van der Waals surface area contributed by atoms with E-state index < -0.39 is 12.1 Å². The number of benzene rings is 2. The number of fused-ring (bicyclic) bond motifs is 2. The van der Waals surface area contributed by atoms with Crippen LogP contribution in [0.3, 0.4) is 0 Å². The first-order valence-electron chi connectivity index (χ1n) is 11.0. The Morgan fingerprint density at radius 3 is 2.47 bits per heavy atom. The first kappa shape index (κ1) is 23.0. The first-order chi connectivity index (χ1) is 16.5. The molecule has 8 heteroatoms. The molecule has 34 heavy (non-hydrogen) atoms. The number of likely N-dealkylation sites (N-methyl/N-ethyl adjacent to an activating group) is 1. The zero-order valence-electron chi connectivity index (χ0n) is 19.1. The van der Waals surface area contributed by atoms with Gasteiger partial charge in [0.2, 0.25) is 5.91 Å². The number of nitrogens with one attached hydrogen (secondary N) is 1. The third-order valence-electron chi connectivity index (χ3n) is 5.65. The summed E-state index contributed by atoms with van der Waals surface area (Å²) in [5.41, 5.74) is 2.20. The molecule has 2 heterocycles. The van der Waals surface area contributed by atoms with Crippen molar-refractivity contribution in [3.63, 3.8) is 0 Å². The maximum atomic E-state index is 13.6. The Labute approximate surface area is 198 Å². The van der Waals surface area contributed by atoms with E-state index >= 15 is 0 Å². The van der Waals surface area contributed by atoms with Gasteiger partial charge in [0.1, 0.15) is 12.4 Å². The van der Waals surface area contributed by atoms with Crippen molar-refractivity contribution in [1.29, 1.82) is 0 Å². The fourth-order valence-electron chi connectivity index (χ4n) is 3.95. The summed E-state index contributed by atoms with van der Waals surface area (Å²) in [5, 5.41) is 3.17. The maximum absolute atomic E-state index is 13.6. The lowest BCUT2D eigenvalue weighted by Crippen LogP contribution is -2.43. The van der Waals surface area contributed by atoms with Crippen molar-refractivity contribution in [2.45, 2.75) is 13.0 Å². The molecule has 3 aromatic rings. The predicted molar refractivity (Wildman–Crippen MR) is 129 cm³/mol. The zero-order valence-corrected chi connectivity index (χ0v) is 19.1. The fourth-order valence-corrected chi connectivity index (χ4v) is 3.95. The Morgan fingerprint density at radius 1 is 1.03 bits per heavy atom. The smallest absolute Gasteiger partial charge is 0.303 e. The van der Waals surface area contributed by atoms with Gasteiger partial charge in [-0.25, -0.2) is 4.98 Å². The average molecular weight is 459 g/mol. The molecule has 0 spiro atoms. The molecular weight excluding hydrogens is 432 g/mol. The third kappa shape index (κ3) is 4.91. The number of anilines is 2. The van der Waals surface area contributed by atoms with Crippen molar-refractivity contribution in [1.82, 2.24) is 9.88 Å². The number of esters is 1. The van der Waals surface area contributed by atoms with Crippen LogP contribution >= 0.6 is 0 Å². The second-order valence-corrected chi connectivity index (χ2v) is 7.98. The molecule has 2 aromatic carbocycles. The molecule has 8 nitrogen and oxygen atoms in total. The number of pyridine rings is 1. The lowest BCUT2D eigenvalue weighted by atomic mass is 9.97. The molecule has 0 saturated heterocycles. The highest BCUT2D eigenvalue weighted by Crippen LogP contribution is 2.39. The predicted octanol–water partition coefficient (Wildman–Crippen LogP) is 3.26. The van der Waals surface area contributed by atoms with Crippen LogP contribution in [0.25, 0.3) is 0 Å². The lowest BCUT2D eigenvalue weighted by molar-refractivity contribution is -0.144. The number of aromatic nitrogens is 1. The van der Waals surface area contributed by atoms with Gasteiger partial charge in [-0.1, -0.05) is 42.5 Å². The molecule has 174 valence electrons. The monoisotopic (exact) mass is 458 g/mol. The van der Waals surface area contributed by atoms with Gasteiger partial charge in [0.05, 0.1) is 5.69 Å². The van der Waals surface area contributed by atoms with Gasteiger partial charge >= 0.3 is 5.97 Å². The first-order valence-corrected chi connectivity index (χ1v) is 11.0. The molecule has 0 aliphatic carbocycles. The summed E-state index contributed by atoms with van der Waals surface area (Å²) in [6, 6.07) is 19.8. The van der Waals surface area contributed by atoms with Crippen LogP contribution in [0, 0.1) is 0 Å². The third-order valence-corrected chi connectivity index (χ3v) is 5.65. The standard InChI is InChI=1S/C26H26N4O4/c1-18(31)34-25-19-9-3-4-10-20(19)26(33)30(22-12-6-5-11-21(22)25)17-24(32)29(2)16-15-28-23-13-7-8-14-27-23/h3-14,25H,15-17H2,1-2H3,(H,27,28). The van der Waals surface area contributed by atoms with Crippen molar-refractivity contribution in [3.8, 4) is 0 Å². The van der Waals surface area contributed by atoms with E-state index in [-0.39, 0.29) is 18.4 Å². The Hall–Kier alpha value is -4.20. The summed E-state index contributed by atoms with van der Waals surface area (Å²) in [6.45, 7) is 2.15. The number of amides is 2. The highest BCUT2D eigenvalue weighted by Gasteiger charge is 2.35. The van der Waals surface area contributed by atoms with Crippen LogP contribution in [0.5, 0.6) is 0 Å². The van der Waals surface area contributed by atoms with Crippen molar-refractivity contribution < 1.29 is 19.1 Å². The number of carbonyl (C=O) groups is 3. The van der Waals surface area contributed by atoms with Crippen molar-refractivity contribution in [2.24, 2.45) is 0 Å². The number of carbonyl (C=O) groups excluding carboxylic acids is 3. The highest BCUT2D eigenvalue weighted by atomic mass is 16.5. The van der Waals surface area contributed by atoms with Gasteiger partial charge in [-0.05, 0) is 24.3 Å². The quantitative estimate of drug-likeness (QED) is 0.547. The van der Waals surface area contributed by atoms with Gasteiger partial charge in [0.15, 0.2) is 6.10 Å². The number of hydrogen-bond donors (Lipinski definition) is 1. The van der Waals surface area contributed by atoms with Crippen molar-refractivity contribution >= 4 is 29.3 Å². The van der Waals surface area contributed by atoms with Gasteiger partial charge < -0.3 is 15.0 Å². The van der Waals surface area contributed by atoms with E-state index in [0.717, 1.165) is 5.82 Å². The second kappa shape index (κ2) is 10.2. The molecule has 4 rings (SSSR count). The number of rotatable bonds is 7. The summed E-state index contributed by atoms with van der Waals surface area (Å²) < 4.78 is 5.64. The Bertz CT molecular complexity index is 1200. The number of ether oxygens (including phenoxy) is 1. The van der Waals surface area contributed by atoms with Crippen molar-refractivity contribution in [3.05, 3.63) is 89.6 Å². The molecule has 1 N–H and O–H groups in total. The minimum absolute atomic E-state index is 0.142. The van der Waals surface area contributed by atoms with Gasteiger partial charge in [-0.2, -0.15) is 0 Å². The Morgan fingerprint density at radius 2 is 1.74 bits per heavy atom. The van der Waals surface area contributed by atoms with E-state index in [4.69, 9.17) is 4.74 Å². The van der Waals surface area contributed by atoms with E-state index in [2.05, 4.69) is 10.3 Å². The molecule has 1 unspecified atom stereocenters. The normalized spacial score (nSPS) is 14.5. The fraction of sp³-hybridized carbons (Fsp3) is 0.231. The van der Waals surface area contributed by atoms with Gasteiger partial charge in [0.25, 0.3) is 5.91 Å². The molecule has 1 aliphatic rings. The number of hydrogen-bond acceptors (Lipinski definition) is 6. The van der Waals surface area contributed by atoms with E-state index in [1.54, 1.807) is 54.5 Å². The summed E-state index contributed by atoms with van der Waals surface area (Å²) in [7, 11) is 1.70. The molecule has 0 radical (unpaired) electrons. The van der Waals surface area contributed by atoms with Crippen LogP contribution in [0.1, 0.15) is 34.5 Å². The summed E-state index contributed by atoms with van der Waals surface area (Å²) in [5.74, 6) is -0.250. The van der Waals surface area contributed by atoms with Crippen LogP contribution in [0.2, 0.25) is 0 Å². The van der Waals surface area contributed by atoms with Crippen LogP contribution in [0.15, 0.2) is 72.9 Å². The molecular formula is C26H26N4O4. The SMILES string of the molecule is CC(=O)OC1c2ccccc2C(=O)N(CC(=O)N(C)CCNc2ccccn2)c2ccccc21. The van der Waals surface area contributed by atoms with E-state index in [1.165, 1.54) is 11.8 Å². The molecule has 0 fully saturated rings. The molecule has 1 atom stereocenters. The molecule has 0 bridgehead atoms. The molecule has 1 aliphatic heterocycles. The lowest BCUT2D eigenvalue weighted by Gasteiger charge is -2.26. The summed E-state index contributed by atoms with van der Waals surface area (Å²) in [6.07, 6.45) is 0.954. The second-order valence-electron chi connectivity index (χ2n) is 7.98. The maximum Gasteiger partial charge on any atom is 0.303 e. The largest absolute Gasteiger partial charge is 0.453 e. The minimum atomic E-state index is -0.741. The summed E-state index contributed by atoms with van der Waals surface area (Å²) in [4.78, 5) is 45.8. The van der Waals surface area contributed by atoms with E-state index in [9.17, 15) is 14.4 Å². The van der Waals surface area contributed by atoms with Crippen LogP contribution < -0.4 is 10.2 Å². The van der Waals surface area contributed by atoms with Crippen molar-refractivity contribution in [2.75, 3.05) is 36.9 Å². The molecule has 0 saturated carbocycles. The van der Waals surface area contributed by atoms with Crippen LogP contribution in [-0.4, -0.2) is 54.3 Å². The Kier molecular flexibility index (Phi) is 6.87. The number of para-hydroxylation sites is 1. The highest BCUT2D eigenvalue weighted by molar-refractivity contribution is 6.11. The summed E-state index contributed by atoms with van der Waals surface area (Å²) >= 11 is 0. The minimum Gasteiger partial charge on any atom is -0.453 e. The van der Waals surface area contributed by atoms with E-state index in [0.29, 0.717) is 35.5 Å². The molecule has 2 amide bonds. The number of nitrogens with zero attached hydrogens (tertiary/aromatic N) is 3. The average Bonchev–Trinajstić information content (AvgIpc) is 2.94. The van der Waals surface area contributed by atoms with Gasteiger partial charge in [-0.15, -0.1) is 0 Å². The Balaban J connectivity index is 1.57. The zero-order chi connectivity index (χ0) is 24.1. The van der Waals surface area contributed by atoms with Crippen LogP contribution in [0.4, 0.5) is 11.5 Å². The van der Waals surface area contributed by atoms with Gasteiger partial charge in [-0.3, -0.25) is 19.3 Å². The van der Waals surface area contributed by atoms with E-state index in [1.807, 2.05) is 30.3 Å². The molecule has 1 aromatic heterocycles. The van der Waals surface area contributed by atoms with Gasteiger partial charge in [0, 0.05) is 49.9 Å². The van der Waals surface area contributed by atoms with Crippen LogP contribution in [-0.2, 0) is 14.3 Å². The topological polar surface area (TPSA) is 91.8 Å².